The zero-order valence-electron chi connectivity index (χ0n) is 10.9. The largest absolute Gasteiger partial charge is 0.384 e. The normalized spacial score (nSPS) is 10.8. The van der Waals surface area contributed by atoms with Gasteiger partial charge in [-0.2, -0.15) is 5.10 Å². The highest BCUT2D eigenvalue weighted by molar-refractivity contribution is 5.92. The van der Waals surface area contributed by atoms with Crippen molar-refractivity contribution in [2.45, 2.75) is 19.5 Å². The van der Waals surface area contributed by atoms with Crippen molar-refractivity contribution in [2.24, 2.45) is 0 Å². The first-order valence-corrected chi connectivity index (χ1v) is 5.66. The summed E-state index contributed by atoms with van der Waals surface area (Å²) in [5, 5.41) is 6.92. The first-order chi connectivity index (χ1) is 8.65. The Morgan fingerprint density at radius 3 is 2.75 bits per heavy atom. The van der Waals surface area contributed by atoms with E-state index in [1.54, 1.807) is 29.1 Å². The standard InChI is InChI=1S/C12H15N5O.2ClH/c1-9(8-17-7-3-6-14-17)15-12(18)10-4-2-5-11(13)16-10;;/h2-7,9H,8H2,1H3,(H2,13,16)(H,15,18);2*1H. The van der Waals surface area contributed by atoms with Crippen LogP contribution < -0.4 is 11.1 Å². The highest BCUT2D eigenvalue weighted by Gasteiger charge is 2.11. The van der Waals surface area contributed by atoms with E-state index in [1.165, 1.54) is 0 Å². The highest BCUT2D eigenvalue weighted by Crippen LogP contribution is 2.01. The minimum Gasteiger partial charge on any atom is -0.384 e. The van der Waals surface area contributed by atoms with E-state index in [4.69, 9.17) is 5.73 Å². The van der Waals surface area contributed by atoms with E-state index in [0.717, 1.165) is 0 Å². The summed E-state index contributed by atoms with van der Waals surface area (Å²) in [7, 11) is 0. The van der Waals surface area contributed by atoms with E-state index in [1.807, 2.05) is 19.2 Å². The minimum atomic E-state index is -0.234. The summed E-state index contributed by atoms with van der Waals surface area (Å²) in [6, 6.07) is 6.78. The second-order valence-corrected chi connectivity index (χ2v) is 4.05. The van der Waals surface area contributed by atoms with E-state index in [0.29, 0.717) is 18.1 Å². The number of anilines is 1. The maximum Gasteiger partial charge on any atom is 0.270 e. The van der Waals surface area contributed by atoms with Crippen molar-refractivity contribution in [1.82, 2.24) is 20.1 Å². The summed E-state index contributed by atoms with van der Waals surface area (Å²) in [6.45, 7) is 2.52. The van der Waals surface area contributed by atoms with Gasteiger partial charge in [-0.15, -0.1) is 24.8 Å². The molecule has 1 unspecified atom stereocenters. The molecule has 2 heterocycles. The van der Waals surface area contributed by atoms with Crippen molar-refractivity contribution in [3.63, 3.8) is 0 Å². The van der Waals surface area contributed by atoms with Gasteiger partial charge in [0.25, 0.3) is 5.91 Å². The van der Waals surface area contributed by atoms with Gasteiger partial charge in [-0.05, 0) is 25.1 Å². The van der Waals surface area contributed by atoms with Gasteiger partial charge in [-0.25, -0.2) is 4.98 Å². The third kappa shape index (κ3) is 5.07. The number of carbonyl (C=O) groups excluding carboxylic acids is 1. The number of rotatable bonds is 4. The van der Waals surface area contributed by atoms with Crippen molar-refractivity contribution >= 4 is 36.5 Å². The number of aromatic nitrogens is 3. The summed E-state index contributed by atoms with van der Waals surface area (Å²) in [4.78, 5) is 15.8. The van der Waals surface area contributed by atoms with Gasteiger partial charge in [-0.1, -0.05) is 6.07 Å². The molecule has 1 atom stereocenters. The molecule has 0 fully saturated rings. The van der Waals surface area contributed by atoms with Crippen LogP contribution in [-0.2, 0) is 6.54 Å². The Bertz CT molecular complexity index is 532. The lowest BCUT2D eigenvalue weighted by atomic mass is 10.3. The summed E-state index contributed by atoms with van der Waals surface area (Å²) in [6.07, 6.45) is 3.55. The van der Waals surface area contributed by atoms with E-state index in [2.05, 4.69) is 15.4 Å². The number of nitrogen functional groups attached to an aromatic ring is 1. The van der Waals surface area contributed by atoms with E-state index in [-0.39, 0.29) is 36.8 Å². The Balaban J connectivity index is 0.00000180. The average molecular weight is 318 g/mol. The van der Waals surface area contributed by atoms with Gasteiger partial charge in [0.1, 0.15) is 11.5 Å². The molecule has 1 amide bonds. The van der Waals surface area contributed by atoms with Crippen LogP contribution in [0, 0.1) is 0 Å². The molecule has 8 heteroatoms. The van der Waals surface area contributed by atoms with Crippen LogP contribution in [0.5, 0.6) is 0 Å². The first kappa shape index (κ1) is 18.2. The van der Waals surface area contributed by atoms with Crippen molar-refractivity contribution in [3.05, 3.63) is 42.4 Å². The van der Waals surface area contributed by atoms with Crippen molar-refractivity contribution in [2.75, 3.05) is 5.73 Å². The topological polar surface area (TPSA) is 85.8 Å². The number of nitrogens with two attached hydrogens (primary N) is 1. The Morgan fingerprint density at radius 2 is 2.15 bits per heavy atom. The smallest absolute Gasteiger partial charge is 0.270 e. The van der Waals surface area contributed by atoms with Crippen molar-refractivity contribution in [1.29, 1.82) is 0 Å². The van der Waals surface area contributed by atoms with E-state index in [9.17, 15) is 4.79 Å². The Kier molecular flexibility index (Phi) is 7.64. The predicted octanol–water partition coefficient (Wildman–Crippen LogP) is 1.52. The Morgan fingerprint density at radius 1 is 1.40 bits per heavy atom. The van der Waals surface area contributed by atoms with Gasteiger partial charge in [0.2, 0.25) is 0 Å². The molecule has 20 heavy (non-hydrogen) atoms. The first-order valence-electron chi connectivity index (χ1n) is 5.66. The molecule has 0 bridgehead atoms. The lowest BCUT2D eigenvalue weighted by molar-refractivity contribution is 0.0931. The molecule has 2 aromatic rings. The number of nitrogens with zero attached hydrogens (tertiary/aromatic N) is 3. The molecule has 0 aromatic carbocycles. The molecule has 0 aliphatic heterocycles. The number of nitrogens with one attached hydrogen (secondary N) is 1. The molecule has 3 N–H and O–H groups in total. The van der Waals surface area contributed by atoms with Gasteiger partial charge in [-0.3, -0.25) is 9.48 Å². The summed E-state index contributed by atoms with van der Waals surface area (Å²) in [5.74, 6) is 0.101. The number of hydrogen-bond donors (Lipinski definition) is 2. The fourth-order valence-corrected chi connectivity index (χ4v) is 1.61. The van der Waals surface area contributed by atoms with Crippen LogP contribution in [0.2, 0.25) is 0 Å². The lowest BCUT2D eigenvalue weighted by Gasteiger charge is -2.13. The zero-order chi connectivity index (χ0) is 13.0. The summed E-state index contributed by atoms with van der Waals surface area (Å²) in [5.41, 5.74) is 5.85. The Hall–Kier alpha value is -1.79. The molecule has 0 aliphatic rings. The number of carbonyl (C=O) groups is 1. The molecule has 0 aliphatic carbocycles. The molecule has 2 rings (SSSR count). The van der Waals surface area contributed by atoms with E-state index < -0.39 is 0 Å². The number of pyridine rings is 1. The zero-order valence-corrected chi connectivity index (χ0v) is 12.5. The molecule has 6 nitrogen and oxygen atoms in total. The predicted molar refractivity (Wildman–Crippen MR) is 82.3 cm³/mol. The molecular formula is C12H17Cl2N5O. The number of halogens is 2. The number of hydrogen-bond acceptors (Lipinski definition) is 4. The third-order valence-electron chi connectivity index (χ3n) is 2.40. The molecule has 0 radical (unpaired) electrons. The Labute approximate surface area is 129 Å². The molecule has 0 saturated carbocycles. The minimum absolute atomic E-state index is 0. The van der Waals surface area contributed by atoms with Crippen LogP contribution in [0.3, 0.4) is 0 Å². The van der Waals surface area contributed by atoms with Crippen LogP contribution >= 0.6 is 24.8 Å². The number of amides is 1. The molecule has 0 saturated heterocycles. The van der Waals surface area contributed by atoms with Gasteiger partial charge < -0.3 is 11.1 Å². The molecule has 110 valence electrons. The highest BCUT2D eigenvalue weighted by atomic mass is 35.5. The van der Waals surface area contributed by atoms with Crippen LogP contribution in [-0.4, -0.2) is 26.7 Å². The maximum atomic E-state index is 11.9. The second-order valence-electron chi connectivity index (χ2n) is 4.05. The van der Waals surface area contributed by atoms with Crippen molar-refractivity contribution < 1.29 is 4.79 Å². The summed E-state index contributed by atoms with van der Waals surface area (Å²) >= 11 is 0. The van der Waals surface area contributed by atoms with Gasteiger partial charge in [0.15, 0.2) is 0 Å². The van der Waals surface area contributed by atoms with Crippen LogP contribution in [0.4, 0.5) is 5.82 Å². The second kappa shape index (κ2) is 8.39. The fraction of sp³-hybridized carbons (Fsp3) is 0.250. The van der Waals surface area contributed by atoms with E-state index >= 15 is 0 Å². The van der Waals surface area contributed by atoms with Crippen LogP contribution in [0.1, 0.15) is 17.4 Å². The van der Waals surface area contributed by atoms with Crippen LogP contribution in [0.25, 0.3) is 0 Å². The van der Waals surface area contributed by atoms with Gasteiger partial charge in [0.05, 0.1) is 6.54 Å². The monoisotopic (exact) mass is 317 g/mol. The SMILES string of the molecule is CC(Cn1cccn1)NC(=O)c1cccc(N)n1.Cl.Cl. The maximum absolute atomic E-state index is 11.9. The fourth-order valence-electron chi connectivity index (χ4n) is 1.61. The molecule has 2 aromatic heterocycles. The lowest BCUT2D eigenvalue weighted by Crippen LogP contribution is -2.36. The van der Waals surface area contributed by atoms with Crippen LogP contribution in [0.15, 0.2) is 36.7 Å². The molecule has 0 spiro atoms. The summed E-state index contributed by atoms with van der Waals surface area (Å²) < 4.78 is 1.76. The van der Waals surface area contributed by atoms with Gasteiger partial charge in [0, 0.05) is 18.4 Å². The average Bonchev–Trinajstić information content (AvgIpc) is 2.81. The third-order valence-corrected chi connectivity index (χ3v) is 2.40. The van der Waals surface area contributed by atoms with Gasteiger partial charge >= 0.3 is 0 Å². The quantitative estimate of drug-likeness (QED) is 0.895. The molecular weight excluding hydrogens is 301 g/mol. The van der Waals surface area contributed by atoms with Crippen molar-refractivity contribution in [3.8, 4) is 0 Å².